The Morgan fingerprint density at radius 1 is 1.14 bits per heavy atom. The van der Waals surface area contributed by atoms with E-state index in [9.17, 15) is 13.2 Å². The lowest BCUT2D eigenvalue weighted by atomic mass is 10.1. The van der Waals surface area contributed by atoms with Crippen LogP contribution in [0.15, 0.2) is 81.2 Å². The molecule has 0 radical (unpaired) electrons. The van der Waals surface area contributed by atoms with Crippen molar-refractivity contribution >= 4 is 72.3 Å². The minimum Gasteiger partial charge on any atom is -0.480 e. The van der Waals surface area contributed by atoms with Crippen molar-refractivity contribution in [1.29, 1.82) is 0 Å². The van der Waals surface area contributed by atoms with Gasteiger partial charge in [0.25, 0.3) is 10.0 Å². The molecule has 0 atom stereocenters. The number of hydrogen-bond acceptors (Lipinski definition) is 5. The van der Waals surface area contributed by atoms with Gasteiger partial charge in [0.05, 0.1) is 21.1 Å². The van der Waals surface area contributed by atoms with Gasteiger partial charge >= 0.3 is 5.97 Å². The van der Waals surface area contributed by atoms with Crippen molar-refractivity contribution in [3.63, 3.8) is 0 Å². The molecule has 0 fully saturated rings. The lowest BCUT2D eigenvalue weighted by Crippen LogP contribution is -2.14. The van der Waals surface area contributed by atoms with E-state index < -0.39 is 22.6 Å². The number of carbonyl (C=O) groups is 1. The summed E-state index contributed by atoms with van der Waals surface area (Å²) in [5.74, 6) is -1.16. The van der Waals surface area contributed by atoms with E-state index in [1.54, 1.807) is 48.6 Å². The number of aliphatic carboxylic acids is 1. The van der Waals surface area contributed by atoms with Crippen LogP contribution in [0.3, 0.4) is 0 Å². The zero-order valence-corrected chi connectivity index (χ0v) is 21.4. The van der Waals surface area contributed by atoms with Crippen LogP contribution in [0.2, 0.25) is 5.02 Å². The first-order chi connectivity index (χ1) is 17.2. The Kier molecular flexibility index (Phi) is 7.37. The SMILES string of the molecule is [N-]=[N+]=Nc1cc(OCC(=O)O)c(Cl)cc1/C=C/c1cc2ccc(Br)cc2n1S(=O)(=O)c1ccccc1. The Hall–Kier alpha value is -3.76. The molecule has 12 heteroatoms. The molecule has 0 bridgehead atoms. The molecular formula is C24H16BrClN4O5S. The maximum atomic E-state index is 13.6. The van der Waals surface area contributed by atoms with Crippen molar-refractivity contribution in [2.45, 2.75) is 4.90 Å². The van der Waals surface area contributed by atoms with E-state index in [2.05, 4.69) is 26.0 Å². The third-order valence-electron chi connectivity index (χ3n) is 5.05. The van der Waals surface area contributed by atoms with Crippen LogP contribution in [0.4, 0.5) is 5.69 Å². The van der Waals surface area contributed by atoms with E-state index in [1.807, 2.05) is 6.07 Å². The van der Waals surface area contributed by atoms with Crippen molar-refractivity contribution in [2.75, 3.05) is 6.61 Å². The van der Waals surface area contributed by atoms with Crippen LogP contribution >= 0.6 is 27.5 Å². The zero-order valence-electron chi connectivity index (χ0n) is 18.2. The molecule has 36 heavy (non-hydrogen) atoms. The number of rotatable bonds is 8. The second-order valence-electron chi connectivity index (χ2n) is 7.40. The molecule has 9 nitrogen and oxygen atoms in total. The molecule has 4 rings (SSSR count). The number of carboxylic acid groups (broad SMARTS) is 1. The number of ether oxygens (including phenoxy) is 1. The number of fused-ring (bicyclic) bond motifs is 1. The number of hydrogen-bond donors (Lipinski definition) is 1. The van der Waals surface area contributed by atoms with Crippen molar-refractivity contribution in [1.82, 2.24) is 3.97 Å². The van der Waals surface area contributed by atoms with Crippen LogP contribution in [-0.2, 0) is 14.8 Å². The summed E-state index contributed by atoms with van der Waals surface area (Å²) in [6, 6.07) is 17.8. The molecule has 0 unspecified atom stereocenters. The summed E-state index contributed by atoms with van der Waals surface area (Å²) >= 11 is 9.64. The molecule has 0 aliphatic carbocycles. The summed E-state index contributed by atoms with van der Waals surface area (Å²) in [5.41, 5.74) is 10.3. The fourth-order valence-corrected chi connectivity index (χ4v) is 5.60. The second kappa shape index (κ2) is 10.5. The Balaban J connectivity index is 1.86. The van der Waals surface area contributed by atoms with Gasteiger partial charge in [-0.15, -0.1) is 0 Å². The number of benzene rings is 3. The quantitative estimate of drug-likeness (QED) is 0.136. The van der Waals surface area contributed by atoms with Crippen molar-refractivity contribution in [2.24, 2.45) is 5.11 Å². The predicted octanol–water partition coefficient (Wildman–Crippen LogP) is 6.87. The molecule has 1 aromatic heterocycles. The normalized spacial score (nSPS) is 11.5. The standard InChI is InChI=1S/C24H16BrClN4O5S/c25-17-8-6-16-10-18(30(22(16)12-17)36(33,34)19-4-2-1-3-5-19)9-7-15-11-20(26)23(35-14-24(31)32)13-21(15)28-29-27/h1-13H,14H2,(H,31,32)/b9-7+. The van der Waals surface area contributed by atoms with Gasteiger partial charge in [0, 0.05) is 20.5 Å². The molecule has 0 aliphatic rings. The predicted molar refractivity (Wildman–Crippen MR) is 141 cm³/mol. The maximum Gasteiger partial charge on any atom is 0.341 e. The van der Waals surface area contributed by atoms with Gasteiger partial charge in [-0.05, 0) is 59.6 Å². The van der Waals surface area contributed by atoms with E-state index >= 15 is 0 Å². The van der Waals surface area contributed by atoms with Gasteiger partial charge in [-0.1, -0.05) is 63.0 Å². The van der Waals surface area contributed by atoms with Crippen molar-refractivity contribution in [3.05, 3.63) is 97.9 Å². The summed E-state index contributed by atoms with van der Waals surface area (Å²) in [5, 5.41) is 13.3. The Morgan fingerprint density at radius 2 is 1.89 bits per heavy atom. The number of carboxylic acids is 1. The fourth-order valence-electron chi connectivity index (χ4n) is 3.51. The molecule has 0 amide bonds. The van der Waals surface area contributed by atoms with E-state index in [4.69, 9.17) is 27.0 Å². The van der Waals surface area contributed by atoms with Crippen molar-refractivity contribution in [3.8, 4) is 5.75 Å². The highest BCUT2D eigenvalue weighted by molar-refractivity contribution is 9.10. The van der Waals surface area contributed by atoms with E-state index in [1.165, 1.54) is 28.2 Å². The second-order valence-corrected chi connectivity index (χ2v) is 10.5. The number of nitrogens with zero attached hydrogens (tertiary/aromatic N) is 4. The molecular weight excluding hydrogens is 572 g/mol. The lowest BCUT2D eigenvalue weighted by molar-refractivity contribution is -0.139. The Morgan fingerprint density at radius 3 is 2.58 bits per heavy atom. The average Bonchev–Trinajstić information content (AvgIpc) is 3.22. The third-order valence-corrected chi connectivity index (χ3v) is 7.59. The monoisotopic (exact) mass is 586 g/mol. The van der Waals surface area contributed by atoms with Crippen LogP contribution in [0.25, 0.3) is 33.5 Å². The number of aromatic nitrogens is 1. The summed E-state index contributed by atoms with van der Waals surface area (Å²) in [6.07, 6.45) is 3.12. The van der Waals surface area contributed by atoms with Crippen LogP contribution in [0, 0.1) is 0 Å². The summed E-state index contributed by atoms with van der Waals surface area (Å²) < 4.78 is 34.3. The molecule has 0 saturated carbocycles. The Bertz CT molecular complexity index is 1660. The van der Waals surface area contributed by atoms with Gasteiger partial charge in [-0.25, -0.2) is 17.2 Å². The topological polar surface area (TPSA) is 134 Å². The van der Waals surface area contributed by atoms with Gasteiger partial charge in [0.1, 0.15) is 5.75 Å². The van der Waals surface area contributed by atoms with Gasteiger partial charge in [0.15, 0.2) is 6.61 Å². The maximum absolute atomic E-state index is 13.6. The van der Waals surface area contributed by atoms with Crippen LogP contribution in [0.5, 0.6) is 5.75 Å². The largest absolute Gasteiger partial charge is 0.480 e. The molecule has 0 aliphatic heterocycles. The highest BCUT2D eigenvalue weighted by atomic mass is 79.9. The average molecular weight is 588 g/mol. The first-order valence-electron chi connectivity index (χ1n) is 10.2. The zero-order chi connectivity index (χ0) is 25.9. The van der Waals surface area contributed by atoms with Gasteiger partial charge in [-0.3, -0.25) is 0 Å². The molecule has 3 aromatic carbocycles. The summed E-state index contributed by atoms with van der Waals surface area (Å²) in [6.45, 7) is -0.627. The van der Waals surface area contributed by atoms with Gasteiger partial charge in [-0.2, -0.15) is 0 Å². The summed E-state index contributed by atoms with van der Waals surface area (Å²) in [7, 11) is -3.96. The van der Waals surface area contributed by atoms with Crippen molar-refractivity contribution < 1.29 is 23.1 Å². The van der Waals surface area contributed by atoms with E-state index in [0.29, 0.717) is 26.6 Å². The highest BCUT2D eigenvalue weighted by Gasteiger charge is 2.22. The molecule has 1 heterocycles. The van der Waals surface area contributed by atoms with Crippen LogP contribution < -0.4 is 4.74 Å². The molecule has 0 spiro atoms. The molecule has 4 aromatic rings. The fraction of sp³-hybridized carbons (Fsp3) is 0.0417. The first kappa shape index (κ1) is 25.3. The smallest absolute Gasteiger partial charge is 0.341 e. The number of azide groups is 1. The molecule has 1 N–H and O–H groups in total. The van der Waals surface area contributed by atoms with Gasteiger partial charge < -0.3 is 9.84 Å². The number of halogens is 2. The van der Waals surface area contributed by atoms with Crippen LogP contribution in [-0.4, -0.2) is 30.1 Å². The minimum absolute atomic E-state index is 0.0317. The lowest BCUT2D eigenvalue weighted by Gasteiger charge is -2.11. The summed E-state index contributed by atoms with van der Waals surface area (Å²) in [4.78, 5) is 13.7. The minimum atomic E-state index is -3.96. The third kappa shape index (κ3) is 5.24. The molecule has 182 valence electrons. The first-order valence-corrected chi connectivity index (χ1v) is 12.8. The molecule has 0 saturated heterocycles. The van der Waals surface area contributed by atoms with E-state index in [-0.39, 0.29) is 21.4 Å². The van der Waals surface area contributed by atoms with Gasteiger partial charge in [0.2, 0.25) is 0 Å². The Labute approximate surface area is 219 Å². The van der Waals surface area contributed by atoms with E-state index in [0.717, 1.165) is 0 Å². The highest BCUT2D eigenvalue weighted by Crippen LogP contribution is 2.35. The van der Waals surface area contributed by atoms with Crippen LogP contribution in [0.1, 0.15) is 11.3 Å².